The number of nitrogens with zero attached hydrogens (tertiary/aromatic N) is 1. The third-order valence-electron chi connectivity index (χ3n) is 3.58. The van der Waals surface area contributed by atoms with Gasteiger partial charge in [-0.3, -0.25) is 4.90 Å². The number of halogens is 1. The van der Waals surface area contributed by atoms with E-state index >= 15 is 0 Å². The van der Waals surface area contributed by atoms with Crippen LogP contribution in [0.15, 0.2) is 15.9 Å². The van der Waals surface area contributed by atoms with Crippen LogP contribution in [0.25, 0.3) is 0 Å². The summed E-state index contributed by atoms with van der Waals surface area (Å²) < 4.78 is 6.32. The standard InChI is InChI=1S/C14H23BrN2OS/c1-18-7-5-16-9-12-3-2-6-17(10-12)11-14-13(15)4-8-19-14/h4,8,12,16H,2-3,5-7,9-11H2,1H3. The molecule has 1 aliphatic heterocycles. The van der Waals surface area contributed by atoms with E-state index in [1.54, 1.807) is 7.11 Å². The van der Waals surface area contributed by atoms with Gasteiger partial charge in [-0.05, 0) is 59.2 Å². The minimum Gasteiger partial charge on any atom is -0.383 e. The number of thiophene rings is 1. The first-order chi connectivity index (χ1) is 9.29. The molecule has 0 radical (unpaired) electrons. The Balaban J connectivity index is 1.72. The van der Waals surface area contributed by atoms with Crippen molar-refractivity contribution in [3.63, 3.8) is 0 Å². The number of rotatable bonds is 7. The Morgan fingerprint density at radius 3 is 3.21 bits per heavy atom. The van der Waals surface area contributed by atoms with Crippen molar-refractivity contribution in [1.29, 1.82) is 0 Å². The topological polar surface area (TPSA) is 24.5 Å². The van der Waals surface area contributed by atoms with Gasteiger partial charge in [0.05, 0.1) is 6.61 Å². The van der Waals surface area contributed by atoms with E-state index in [1.165, 1.54) is 35.3 Å². The molecule has 1 saturated heterocycles. The molecule has 1 N–H and O–H groups in total. The molecule has 0 saturated carbocycles. The maximum atomic E-state index is 5.06. The summed E-state index contributed by atoms with van der Waals surface area (Å²) in [6.45, 7) is 6.42. The Labute approximate surface area is 128 Å². The lowest BCUT2D eigenvalue weighted by molar-refractivity contribution is 0.160. The zero-order valence-electron chi connectivity index (χ0n) is 11.5. The SMILES string of the molecule is COCCNCC1CCCN(Cc2sccc2Br)C1. The van der Waals surface area contributed by atoms with E-state index in [-0.39, 0.29) is 0 Å². The van der Waals surface area contributed by atoms with Gasteiger partial charge < -0.3 is 10.1 Å². The lowest BCUT2D eigenvalue weighted by atomic mass is 9.98. The summed E-state index contributed by atoms with van der Waals surface area (Å²) in [6.07, 6.45) is 2.67. The van der Waals surface area contributed by atoms with Crippen LogP contribution in [0.1, 0.15) is 17.7 Å². The van der Waals surface area contributed by atoms with Crippen molar-refractivity contribution in [2.45, 2.75) is 19.4 Å². The van der Waals surface area contributed by atoms with Gasteiger partial charge in [0.1, 0.15) is 0 Å². The number of piperidine rings is 1. The highest BCUT2D eigenvalue weighted by Crippen LogP contribution is 2.26. The lowest BCUT2D eigenvalue weighted by Gasteiger charge is -2.32. The van der Waals surface area contributed by atoms with E-state index in [9.17, 15) is 0 Å². The zero-order chi connectivity index (χ0) is 13.5. The molecule has 0 aromatic carbocycles. The molecule has 2 rings (SSSR count). The van der Waals surface area contributed by atoms with E-state index in [4.69, 9.17) is 4.74 Å². The van der Waals surface area contributed by atoms with Crippen molar-refractivity contribution in [2.24, 2.45) is 5.92 Å². The van der Waals surface area contributed by atoms with Gasteiger partial charge in [-0.15, -0.1) is 11.3 Å². The average Bonchev–Trinajstić information content (AvgIpc) is 2.81. The van der Waals surface area contributed by atoms with Crippen molar-refractivity contribution in [3.05, 3.63) is 20.8 Å². The number of hydrogen-bond donors (Lipinski definition) is 1. The fourth-order valence-corrected chi connectivity index (χ4v) is 4.10. The predicted octanol–water partition coefficient (Wildman–Crippen LogP) is 2.96. The normalized spacial score (nSPS) is 20.8. The fraction of sp³-hybridized carbons (Fsp3) is 0.714. The fourth-order valence-electron chi connectivity index (χ4n) is 2.58. The maximum absolute atomic E-state index is 5.06. The van der Waals surface area contributed by atoms with Crippen LogP contribution in [0.3, 0.4) is 0 Å². The zero-order valence-corrected chi connectivity index (χ0v) is 13.9. The molecule has 1 aliphatic rings. The van der Waals surface area contributed by atoms with Crippen LogP contribution >= 0.6 is 27.3 Å². The second-order valence-corrected chi connectivity index (χ2v) is 6.99. The van der Waals surface area contributed by atoms with E-state index < -0.39 is 0 Å². The summed E-state index contributed by atoms with van der Waals surface area (Å²) in [5, 5.41) is 5.65. The van der Waals surface area contributed by atoms with Gasteiger partial charge in [0.25, 0.3) is 0 Å². The molecular formula is C14H23BrN2OS. The van der Waals surface area contributed by atoms with Gasteiger partial charge in [0.2, 0.25) is 0 Å². The summed E-state index contributed by atoms with van der Waals surface area (Å²) in [5.41, 5.74) is 0. The molecule has 1 unspecified atom stereocenters. The van der Waals surface area contributed by atoms with Gasteiger partial charge in [-0.1, -0.05) is 0 Å². The van der Waals surface area contributed by atoms with E-state index in [1.807, 2.05) is 11.3 Å². The highest BCUT2D eigenvalue weighted by molar-refractivity contribution is 9.10. The van der Waals surface area contributed by atoms with Crippen LogP contribution in [0.2, 0.25) is 0 Å². The van der Waals surface area contributed by atoms with Gasteiger partial charge in [-0.2, -0.15) is 0 Å². The summed E-state index contributed by atoms with van der Waals surface area (Å²) >= 11 is 5.47. The van der Waals surface area contributed by atoms with Crippen LogP contribution in [0, 0.1) is 5.92 Å². The lowest BCUT2D eigenvalue weighted by Crippen LogP contribution is -2.39. The molecule has 0 bridgehead atoms. The van der Waals surface area contributed by atoms with Gasteiger partial charge in [-0.25, -0.2) is 0 Å². The Morgan fingerprint density at radius 2 is 2.47 bits per heavy atom. The Kier molecular flexibility index (Phi) is 6.81. The van der Waals surface area contributed by atoms with Crippen molar-refractivity contribution >= 4 is 27.3 Å². The van der Waals surface area contributed by atoms with Crippen LogP contribution in [0.5, 0.6) is 0 Å². The smallest absolute Gasteiger partial charge is 0.0587 e. The Bertz CT molecular complexity index is 372. The van der Waals surface area contributed by atoms with E-state index in [0.717, 1.165) is 32.2 Å². The predicted molar refractivity (Wildman–Crippen MR) is 84.8 cm³/mol. The molecule has 1 atom stereocenters. The number of likely N-dealkylation sites (tertiary alicyclic amines) is 1. The Morgan fingerprint density at radius 1 is 1.58 bits per heavy atom. The van der Waals surface area contributed by atoms with Gasteiger partial charge >= 0.3 is 0 Å². The third-order valence-corrected chi connectivity index (χ3v) is 5.49. The molecule has 1 aromatic heterocycles. The number of methoxy groups -OCH3 is 1. The van der Waals surface area contributed by atoms with Crippen LogP contribution < -0.4 is 5.32 Å². The molecule has 19 heavy (non-hydrogen) atoms. The van der Waals surface area contributed by atoms with Gasteiger partial charge in [0.15, 0.2) is 0 Å². The first-order valence-corrected chi connectivity index (χ1v) is 8.60. The minimum atomic E-state index is 0.782. The quantitative estimate of drug-likeness (QED) is 0.768. The maximum Gasteiger partial charge on any atom is 0.0587 e. The largest absolute Gasteiger partial charge is 0.383 e. The summed E-state index contributed by atoms with van der Waals surface area (Å²) in [5.74, 6) is 0.782. The molecule has 5 heteroatoms. The molecule has 108 valence electrons. The second kappa shape index (κ2) is 8.37. The highest BCUT2D eigenvalue weighted by atomic mass is 79.9. The Hall–Kier alpha value is 0.0600. The monoisotopic (exact) mass is 346 g/mol. The first kappa shape index (κ1) is 15.4. The average molecular weight is 347 g/mol. The summed E-state index contributed by atoms with van der Waals surface area (Å²) in [7, 11) is 1.75. The molecule has 1 aromatic rings. The number of hydrogen-bond acceptors (Lipinski definition) is 4. The summed E-state index contributed by atoms with van der Waals surface area (Å²) in [4.78, 5) is 4.04. The molecule has 0 amide bonds. The molecule has 0 aliphatic carbocycles. The van der Waals surface area contributed by atoms with Crippen LogP contribution in [-0.2, 0) is 11.3 Å². The van der Waals surface area contributed by atoms with Gasteiger partial charge in [0, 0.05) is 36.1 Å². The number of ether oxygens (including phenoxy) is 1. The molecule has 0 spiro atoms. The first-order valence-electron chi connectivity index (χ1n) is 6.93. The highest BCUT2D eigenvalue weighted by Gasteiger charge is 2.20. The van der Waals surface area contributed by atoms with Crippen molar-refractivity contribution < 1.29 is 4.74 Å². The van der Waals surface area contributed by atoms with Crippen LogP contribution in [-0.4, -0.2) is 44.8 Å². The molecule has 3 nitrogen and oxygen atoms in total. The minimum absolute atomic E-state index is 0.782. The van der Waals surface area contributed by atoms with Crippen molar-refractivity contribution in [2.75, 3.05) is 39.9 Å². The van der Waals surface area contributed by atoms with Crippen molar-refractivity contribution in [3.8, 4) is 0 Å². The van der Waals surface area contributed by atoms with E-state index in [0.29, 0.717) is 0 Å². The molecule has 1 fully saturated rings. The molecule has 2 heterocycles. The van der Waals surface area contributed by atoms with Crippen LogP contribution in [0.4, 0.5) is 0 Å². The van der Waals surface area contributed by atoms with Crippen molar-refractivity contribution in [1.82, 2.24) is 10.2 Å². The number of nitrogens with one attached hydrogen (secondary N) is 1. The molecular weight excluding hydrogens is 324 g/mol. The third kappa shape index (κ3) is 5.16. The second-order valence-electron chi connectivity index (χ2n) is 5.13. The summed E-state index contributed by atoms with van der Waals surface area (Å²) in [6, 6.07) is 2.15. The van der Waals surface area contributed by atoms with E-state index in [2.05, 4.69) is 37.6 Å².